The highest BCUT2D eigenvalue weighted by Gasteiger charge is 2.16. The number of rotatable bonds is 5. The summed E-state index contributed by atoms with van der Waals surface area (Å²) in [6, 6.07) is 9.21. The maximum Gasteiger partial charge on any atom is 0.257 e. The van der Waals surface area contributed by atoms with E-state index in [2.05, 4.69) is 10.3 Å². The number of anilines is 1. The zero-order valence-corrected chi connectivity index (χ0v) is 16.3. The van der Waals surface area contributed by atoms with Crippen molar-refractivity contribution in [3.63, 3.8) is 0 Å². The number of nitrogens with one attached hydrogen (secondary N) is 1. The Kier molecular flexibility index (Phi) is 5.17. The van der Waals surface area contributed by atoms with Crippen LogP contribution >= 0.6 is 22.9 Å². The van der Waals surface area contributed by atoms with Gasteiger partial charge in [0.1, 0.15) is 11.3 Å². The zero-order chi connectivity index (χ0) is 18.9. The Labute approximate surface area is 159 Å². The van der Waals surface area contributed by atoms with Gasteiger partial charge >= 0.3 is 0 Å². The topological polar surface area (TPSA) is 85.4 Å². The number of fused-ring (bicyclic) bond motifs is 1. The second kappa shape index (κ2) is 7.22. The molecule has 26 heavy (non-hydrogen) atoms. The van der Waals surface area contributed by atoms with Crippen molar-refractivity contribution in [2.45, 2.75) is 11.8 Å². The minimum absolute atomic E-state index is 0.00679. The van der Waals surface area contributed by atoms with Crippen LogP contribution in [-0.4, -0.2) is 32.2 Å². The molecule has 0 aliphatic heterocycles. The molecule has 0 fully saturated rings. The number of hydrogen-bond donors (Lipinski definition) is 1. The van der Waals surface area contributed by atoms with E-state index in [1.165, 1.54) is 42.7 Å². The minimum Gasteiger partial charge on any atom is -0.494 e. The molecule has 0 bridgehead atoms. The molecule has 0 saturated heterocycles. The van der Waals surface area contributed by atoms with Crippen molar-refractivity contribution < 1.29 is 17.9 Å². The third kappa shape index (κ3) is 3.53. The van der Waals surface area contributed by atoms with E-state index in [1.807, 2.05) is 0 Å². The number of sulfone groups is 1. The number of hydrogen-bond acceptors (Lipinski definition) is 6. The fourth-order valence-electron chi connectivity index (χ4n) is 2.32. The summed E-state index contributed by atoms with van der Waals surface area (Å²) in [6.07, 6.45) is 0. The van der Waals surface area contributed by atoms with Gasteiger partial charge in [-0.2, -0.15) is 0 Å². The molecule has 1 N–H and O–H groups in total. The van der Waals surface area contributed by atoms with Crippen molar-refractivity contribution >= 4 is 54.0 Å². The smallest absolute Gasteiger partial charge is 0.257 e. The second-order valence-corrected chi connectivity index (χ2v) is 9.01. The van der Waals surface area contributed by atoms with Crippen LogP contribution in [0.25, 0.3) is 10.2 Å². The van der Waals surface area contributed by atoms with E-state index in [-0.39, 0.29) is 16.6 Å². The molecule has 3 rings (SSSR count). The average molecular weight is 411 g/mol. The summed E-state index contributed by atoms with van der Waals surface area (Å²) in [6.45, 7) is 1.57. The van der Waals surface area contributed by atoms with Gasteiger partial charge in [-0.1, -0.05) is 29.9 Å². The van der Waals surface area contributed by atoms with E-state index in [0.29, 0.717) is 31.7 Å². The van der Waals surface area contributed by atoms with Crippen molar-refractivity contribution in [1.29, 1.82) is 0 Å². The summed E-state index contributed by atoms with van der Waals surface area (Å²) in [5.41, 5.74) is 0.905. The Bertz CT molecular complexity index is 1080. The molecule has 6 nitrogen and oxygen atoms in total. The summed E-state index contributed by atoms with van der Waals surface area (Å²) < 4.78 is 29.6. The molecule has 0 radical (unpaired) electrons. The number of ether oxygens (including phenoxy) is 1. The number of amides is 1. The Morgan fingerprint density at radius 2 is 1.92 bits per heavy atom. The van der Waals surface area contributed by atoms with Crippen molar-refractivity contribution in [2.75, 3.05) is 18.2 Å². The molecule has 3 aromatic rings. The fraction of sp³-hybridized carbons (Fsp3) is 0.176. The number of carbonyl (C=O) groups is 1. The van der Waals surface area contributed by atoms with Gasteiger partial charge in [-0.15, -0.1) is 0 Å². The van der Waals surface area contributed by atoms with E-state index in [4.69, 9.17) is 16.3 Å². The molecule has 0 unspecified atom stereocenters. The van der Waals surface area contributed by atoms with Crippen LogP contribution in [0.4, 0.5) is 5.13 Å². The van der Waals surface area contributed by atoms with Crippen LogP contribution in [0.3, 0.4) is 0 Å². The number of nitrogens with zero attached hydrogens (tertiary/aromatic N) is 1. The molecule has 2 aromatic carbocycles. The Hall–Kier alpha value is -2.16. The quantitative estimate of drug-likeness (QED) is 0.687. The highest BCUT2D eigenvalue weighted by atomic mass is 35.5. The molecule has 0 aliphatic rings. The first-order valence-electron chi connectivity index (χ1n) is 7.63. The Balaban J connectivity index is 1.86. The summed E-state index contributed by atoms with van der Waals surface area (Å²) in [4.78, 5) is 17.0. The van der Waals surface area contributed by atoms with Gasteiger partial charge in [0.25, 0.3) is 5.91 Å². The molecule has 1 amide bonds. The molecule has 136 valence electrons. The maximum atomic E-state index is 12.4. The maximum absolute atomic E-state index is 12.4. The zero-order valence-electron chi connectivity index (χ0n) is 13.9. The van der Waals surface area contributed by atoms with Crippen molar-refractivity contribution in [2.24, 2.45) is 0 Å². The van der Waals surface area contributed by atoms with Crippen LogP contribution in [-0.2, 0) is 9.84 Å². The lowest BCUT2D eigenvalue weighted by molar-refractivity contribution is 0.102. The van der Waals surface area contributed by atoms with E-state index in [1.54, 1.807) is 19.1 Å². The highest BCUT2D eigenvalue weighted by molar-refractivity contribution is 7.91. The summed E-state index contributed by atoms with van der Waals surface area (Å²) in [5.74, 6) is 0.183. The van der Waals surface area contributed by atoms with Crippen LogP contribution in [0.15, 0.2) is 41.3 Å². The van der Waals surface area contributed by atoms with Crippen LogP contribution in [0.1, 0.15) is 17.3 Å². The molecule has 0 spiro atoms. The molecule has 0 aliphatic carbocycles. The van der Waals surface area contributed by atoms with Gasteiger partial charge in [0.15, 0.2) is 15.0 Å². The normalized spacial score (nSPS) is 11.5. The Morgan fingerprint density at radius 1 is 1.23 bits per heavy atom. The lowest BCUT2D eigenvalue weighted by Crippen LogP contribution is -2.12. The highest BCUT2D eigenvalue weighted by Crippen LogP contribution is 2.37. The van der Waals surface area contributed by atoms with Gasteiger partial charge < -0.3 is 4.74 Å². The number of carbonyl (C=O) groups excluding carboxylic acids is 1. The molecular weight excluding hydrogens is 396 g/mol. The number of methoxy groups -OCH3 is 1. The third-order valence-electron chi connectivity index (χ3n) is 3.75. The standard InChI is InChI=1S/C17H15ClN2O4S2/c1-3-26(22,23)11-6-4-10(5-7-11)16(21)20-17-19-14-13(24-2)9-8-12(18)15(14)25-17/h4-9H,3H2,1-2H3,(H,19,20,21). The SMILES string of the molecule is CCS(=O)(=O)c1ccc(C(=O)Nc2nc3c(OC)ccc(Cl)c3s2)cc1. The number of aromatic nitrogens is 1. The number of halogens is 1. The first-order valence-corrected chi connectivity index (χ1v) is 10.5. The first-order chi connectivity index (χ1) is 12.4. The Morgan fingerprint density at radius 3 is 2.54 bits per heavy atom. The summed E-state index contributed by atoms with van der Waals surface area (Å²) in [7, 11) is -1.77. The van der Waals surface area contributed by atoms with Crippen molar-refractivity contribution in [1.82, 2.24) is 4.98 Å². The molecule has 1 heterocycles. The van der Waals surface area contributed by atoms with Crippen LogP contribution < -0.4 is 10.1 Å². The predicted octanol–water partition coefficient (Wildman–Crippen LogP) is 4.00. The monoisotopic (exact) mass is 410 g/mol. The van der Waals surface area contributed by atoms with Gasteiger partial charge in [0, 0.05) is 5.56 Å². The van der Waals surface area contributed by atoms with Crippen molar-refractivity contribution in [3.05, 3.63) is 47.0 Å². The summed E-state index contributed by atoms with van der Waals surface area (Å²) >= 11 is 7.41. The van der Waals surface area contributed by atoms with Gasteiger partial charge in [-0.25, -0.2) is 13.4 Å². The first kappa shape index (κ1) is 18.6. The second-order valence-electron chi connectivity index (χ2n) is 5.33. The van der Waals surface area contributed by atoms with E-state index < -0.39 is 9.84 Å². The molecule has 9 heteroatoms. The van der Waals surface area contributed by atoms with Gasteiger partial charge in [-0.05, 0) is 36.4 Å². The van der Waals surface area contributed by atoms with E-state index >= 15 is 0 Å². The minimum atomic E-state index is -3.30. The van der Waals surface area contributed by atoms with Gasteiger partial charge in [0.05, 0.1) is 27.5 Å². The average Bonchev–Trinajstić information content (AvgIpc) is 3.06. The van der Waals surface area contributed by atoms with Gasteiger partial charge in [0.2, 0.25) is 0 Å². The number of thiazole rings is 1. The van der Waals surface area contributed by atoms with Crippen LogP contribution in [0, 0.1) is 0 Å². The lowest BCUT2D eigenvalue weighted by atomic mass is 10.2. The van der Waals surface area contributed by atoms with Crippen LogP contribution in [0.2, 0.25) is 5.02 Å². The molecule has 1 aromatic heterocycles. The predicted molar refractivity (Wildman–Crippen MR) is 103 cm³/mol. The third-order valence-corrected chi connectivity index (χ3v) is 6.94. The largest absolute Gasteiger partial charge is 0.494 e. The van der Waals surface area contributed by atoms with Crippen LogP contribution in [0.5, 0.6) is 5.75 Å². The molecule has 0 atom stereocenters. The number of benzene rings is 2. The van der Waals surface area contributed by atoms with Crippen molar-refractivity contribution in [3.8, 4) is 5.75 Å². The van der Waals surface area contributed by atoms with E-state index in [9.17, 15) is 13.2 Å². The fourth-order valence-corrected chi connectivity index (χ4v) is 4.36. The molecular formula is C17H15ClN2O4S2. The van der Waals surface area contributed by atoms with E-state index in [0.717, 1.165) is 0 Å². The lowest BCUT2D eigenvalue weighted by Gasteiger charge is -2.04. The van der Waals surface area contributed by atoms with Gasteiger partial charge in [-0.3, -0.25) is 10.1 Å². The summed E-state index contributed by atoms with van der Waals surface area (Å²) in [5, 5.41) is 3.60. The molecule has 0 saturated carbocycles.